The predicted octanol–water partition coefficient (Wildman–Crippen LogP) is 0.0965. The van der Waals surface area contributed by atoms with Gasteiger partial charge in [-0.05, 0) is 57.1 Å². The van der Waals surface area contributed by atoms with Gasteiger partial charge in [0.1, 0.15) is 18.1 Å². The van der Waals surface area contributed by atoms with Crippen LogP contribution in [-0.2, 0) is 19.2 Å². The number of carboxylic acid groups (broad SMARTS) is 1. The molecule has 0 aromatic carbocycles. The third-order valence-corrected chi connectivity index (χ3v) is 5.34. The molecule has 4 unspecified atom stereocenters. The van der Waals surface area contributed by atoms with E-state index in [4.69, 9.17) is 0 Å². The van der Waals surface area contributed by atoms with E-state index in [1.165, 1.54) is 18.7 Å². The van der Waals surface area contributed by atoms with Gasteiger partial charge in [-0.2, -0.15) is 11.8 Å². The number of hydrogen-bond acceptors (Lipinski definition) is 6. The number of carboxylic acids is 1. The van der Waals surface area contributed by atoms with Gasteiger partial charge < -0.3 is 26.4 Å². The SMILES string of the molecule is CSCCC(NC(=O)C(C)NC(=O)C(CC(C)C)NC(=O)C1CCCN1)C(=O)O. The van der Waals surface area contributed by atoms with Crippen molar-refractivity contribution in [2.75, 3.05) is 18.6 Å². The Kier molecular flexibility index (Phi) is 11.0. The van der Waals surface area contributed by atoms with Crippen LogP contribution in [-0.4, -0.2) is 71.5 Å². The molecule has 5 N–H and O–H groups in total. The largest absolute Gasteiger partial charge is 0.480 e. The molecule has 10 heteroatoms. The van der Waals surface area contributed by atoms with E-state index in [1.54, 1.807) is 0 Å². The summed E-state index contributed by atoms with van der Waals surface area (Å²) in [5.74, 6) is -1.60. The highest BCUT2D eigenvalue weighted by Crippen LogP contribution is 2.09. The molecule has 1 rings (SSSR count). The molecule has 1 aliphatic heterocycles. The highest BCUT2D eigenvalue weighted by molar-refractivity contribution is 7.98. The molecule has 3 amide bonds. The molecule has 1 saturated heterocycles. The number of aliphatic carboxylic acids is 1. The Labute approximate surface area is 176 Å². The van der Waals surface area contributed by atoms with Crippen molar-refractivity contribution in [3.63, 3.8) is 0 Å². The van der Waals surface area contributed by atoms with Crippen LogP contribution >= 0.6 is 11.8 Å². The molecule has 0 bridgehead atoms. The number of hydrogen-bond donors (Lipinski definition) is 5. The van der Waals surface area contributed by atoms with Gasteiger partial charge in [0.05, 0.1) is 6.04 Å². The number of nitrogens with one attached hydrogen (secondary N) is 4. The Bertz CT molecular complexity index is 581. The Morgan fingerprint density at radius 2 is 1.76 bits per heavy atom. The lowest BCUT2D eigenvalue weighted by Crippen LogP contribution is -2.56. The van der Waals surface area contributed by atoms with Crippen molar-refractivity contribution in [3.05, 3.63) is 0 Å². The number of rotatable bonds is 12. The quantitative estimate of drug-likeness (QED) is 0.296. The Hall–Kier alpha value is -1.81. The fraction of sp³-hybridized carbons (Fsp3) is 0.789. The van der Waals surface area contributed by atoms with Gasteiger partial charge in [-0.3, -0.25) is 14.4 Å². The maximum Gasteiger partial charge on any atom is 0.326 e. The molecule has 1 aliphatic rings. The van der Waals surface area contributed by atoms with Crippen LogP contribution in [0, 0.1) is 5.92 Å². The predicted molar refractivity (Wildman–Crippen MR) is 113 cm³/mol. The van der Waals surface area contributed by atoms with Crippen LogP contribution in [0.25, 0.3) is 0 Å². The molecule has 9 nitrogen and oxygen atoms in total. The average molecular weight is 431 g/mol. The molecule has 1 heterocycles. The first-order valence-corrected chi connectivity index (χ1v) is 11.4. The summed E-state index contributed by atoms with van der Waals surface area (Å²) in [6.07, 6.45) is 4.23. The first-order chi connectivity index (χ1) is 13.6. The zero-order valence-electron chi connectivity index (χ0n) is 17.6. The maximum atomic E-state index is 12.7. The van der Waals surface area contributed by atoms with Gasteiger partial charge in [0.15, 0.2) is 0 Å². The van der Waals surface area contributed by atoms with E-state index in [2.05, 4.69) is 21.3 Å². The Morgan fingerprint density at radius 3 is 2.28 bits per heavy atom. The fourth-order valence-electron chi connectivity index (χ4n) is 3.05. The standard InChI is InChI=1S/C19H34N4O5S/c1-11(2)10-15(23-17(25)13-6-5-8-20-13)18(26)21-12(3)16(24)22-14(19(27)28)7-9-29-4/h11-15,20H,5-10H2,1-4H3,(H,21,26)(H,22,24)(H,23,25)(H,27,28). The highest BCUT2D eigenvalue weighted by atomic mass is 32.2. The zero-order chi connectivity index (χ0) is 22.0. The smallest absolute Gasteiger partial charge is 0.326 e. The lowest BCUT2D eigenvalue weighted by atomic mass is 10.0. The fourth-order valence-corrected chi connectivity index (χ4v) is 3.52. The molecule has 0 saturated carbocycles. The van der Waals surface area contributed by atoms with E-state index in [1.807, 2.05) is 20.1 Å². The topological polar surface area (TPSA) is 137 Å². The normalized spacial score (nSPS) is 19.3. The maximum absolute atomic E-state index is 12.7. The van der Waals surface area contributed by atoms with Gasteiger partial charge in [0.2, 0.25) is 17.7 Å². The van der Waals surface area contributed by atoms with Crippen molar-refractivity contribution in [3.8, 4) is 0 Å². The van der Waals surface area contributed by atoms with Gasteiger partial charge in [0, 0.05) is 0 Å². The van der Waals surface area contributed by atoms with Gasteiger partial charge in [-0.1, -0.05) is 13.8 Å². The number of carbonyl (C=O) groups excluding carboxylic acids is 3. The van der Waals surface area contributed by atoms with Gasteiger partial charge in [-0.25, -0.2) is 4.79 Å². The molecule has 0 aliphatic carbocycles. The molecular weight excluding hydrogens is 396 g/mol. The van der Waals surface area contributed by atoms with Crippen LogP contribution in [0.2, 0.25) is 0 Å². The van der Waals surface area contributed by atoms with Crippen LogP contribution in [0.4, 0.5) is 0 Å². The van der Waals surface area contributed by atoms with E-state index in [0.29, 0.717) is 18.6 Å². The number of carbonyl (C=O) groups is 4. The average Bonchev–Trinajstić information content (AvgIpc) is 3.18. The molecule has 0 aromatic heterocycles. The lowest BCUT2D eigenvalue weighted by molar-refractivity contribution is -0.142. The third kappa shape index (κ3) is 9.03. The van der Waals surface area contributed by atoms with Crippen molar-refractivity contribution in [2.45, 2.75) is 70.6 Å². The molecule has 0 radical (unpaired) electrons. The minimum absolute atomic E-state index is 0.162. The molecule has 4 atom stereocenters. The van der Waals surface area contributed by atoms with Gasteiger partial charge in [0.25, 0.3) is 0 Å². The minimum Gasteiger partial charge on any atom is -0.480 e. The Balaban J connectivity index is 2.67. The summed E-state index contributed by atoms with van der Waals surface area (Å²) in [6.45, 7) is 6.16. The van der Waals surface area contributed by atoms with E-state index < -0.39 is 35.9 Å². The molecule has 29 heavy (non-hydrogen) atoms. The number of thioether (sulfide) groups is 1. The summed E-state index contributed by atoms with van der Waals surface area (Å²) in [4.78, 5) is 48.7. The van der Waals surface area contributed by atoms with Crippen LogP contribution in [0.15, 0.2) is 0 Å². The summed E-state index contributed by atoms with van der Waals surface area (Å²) in [5, 5.41) is 20.2. The third-order valence-electron chi connectivity index (χ3n) is 4.69. The van der Waals surface area contributed by atoms with Crippen molar-refractivity contribution < 1.29 is 24.3 Å². The van der Waals surface area contributed by atoms with Crippen LogP contribution in [0.3, 0.4) is 0 Å². The molecular formula is C19H34N4O5S. The Morgan fingerprint density at radius 1 is 1.07 bits per heavy atom. The molecule has 0 spiro atoms. The van der Waals surface area contributed by atoms with E-state index in [-0.39, 0.29) is 17.9 Å². The molecule has 1 fully saturated rings. The van der Waals surface area contributed by atoms with Crippen LogP contribution in [0.1, 0.15) is 46.5 Å². The van der Waals surface area contributed by atoms with Crippen molar-refractivity contribution in [1.82, 2.24) is 21.3 Å². The van der Waals surface area contributed by atoms with Crippen LogP contribution in [0.5, 0.6) is 0 Å². The summed E-state index contributed by atoms with van der Waals surface area (Å²) in [6, 6.07) is -2.98. The minimum atomic E-state index is -1.11. The van der Waals surface area contributed by atoms with Crippen molar-refractivity contribution in [1.29, 1.82) is 0 Å². The first-order valence-electron chi connectivity index (χ1n) is 10.0. The van der Waals surface area contributed by atoms with Gasteiger partial charge in [-0.15, -0.1) is 0 Å². The van der Waals surface area contributed by atoms with Crippen molar-refractivity contribution in [2.24, 2.45) is 5.92 Å². The second-order valence-electron chi connectivity index (χ2n) is 7.75. The van der Waals surface area contributed by atoms with E-state index in [0.717, 1.165) is 19.4 Å². The van der Waals surface area contributed by atoms with Gasteiger partial charge >= 0.3 is 5.97 Å². The molecule has 0 aromatic rings. The molecule has 166 valence electrons. The number of amides is 3. The zero-order valence-corrected chi connectivity index (χ0v) is 18.4. The lowest BCUT2D eigenvalue weighted by Gasteiger charge is -2.24. The van der Waals surface area contributed by atoms with Crippen LogP contribution < -0.4 is 21.3 Å². The second-order valence-corrected chi connectivity index (χ2v) is 8.74. The first kappa shape index (κ1) is 25.2. The monoisotopic (exact) mass is 430 g/mol. The highest BCUT2D eigenvalue weighted by Gasteiger charge is 2.30. The summed E-state index contributed by atoms with van der Waals surface area (Å²) >= 11 is 1.49. The van der Waals surface area contributed by atoms with Crippen molar-refractivity contribution >= 4 is 35.5 Å². The summed E-state index contributed by atoms with van der Waals surface area (Å²) in [7, 11) is 0. The summed E-state index contributed by atoms with van der Waals surface area (Å²) < 4.78 is 0. The van der Waals surface area contributed by atoms with E-state index in [9.17, 15) is 24.3 Å². The van der Waals surface area contributed by atoms with E-state index >= 15 is 0 Å². The second kappa shape index (κ2) is 12.7. The summed E-state index contributed by atoms with van der Waals surface area (Å²) in [5.41, 5.74) is 0.